The van der Waals surface area contributed by atoms with E-state index in [-0.39, 0.29) is 18.0 Å². The Bertz CT molecular complexity index is 307. The molecule has 3 nitrogen and oxygen atoms in total. The van der Waals surface area contributed by atoms with Crippen molar-refractivity contribution in [1.82, 2.24) is 0 Å². The SMILES string of the molecule is O[C@@H]1CCC=C[C@@H]([C@H]2COC3(CCCCC3)O2)C1. The van der Waals surface area contributed by atoms with Crippen LogP contribution in [-0.2, 0) is 9.47 Å². The number of allylic oxidation sites excluding steroid dienone is 1. The van der Waals surface area contributed by atoms with Crippen LogP contribution in [0.25, 0.3) is 0 Å². The monoisotopic (exact) mass is 252 g/mol. The molecule has 1 spiro atoms. The van der Waals surface area contributed by atoms with Crippen LogP contribution in [0.4, 0.5) is 0 Å². The number of ether oxygens (including phenoxy) is 2. The van der Waals surface area contributed by atoms with E-state index in [1.807, 2.05) is 0 Å². The lowest BCUT2D eigenvalue weighted by Gasteiger charge is -2.32. The number of hydrogen-bond donors (Lipinski definition) is 1. The molecular weight excluding hydrogens is 228 g/mol. The highest BCUT2D eigenvalue weighted by atomic mass is 16.7. The van der Waals surface area contributed by atoms with E-state index >= 15 is 0 Å². The molecule has 1 aliphatic heterocycles. The van der Waals surface area contributed by atoms with Crippen LogP contribution >= 0.6 is 0 Å². The summed E-state index contributed by atoms with van der Waals surface area (Å²) < 4.78 is 12.2. The molecule has 0 bridgehead atoms. The fourth-order valence-corrected chi connectivity index (χ4v) is 3.49. The van der Waals surface area contributed by atoms with Crippen LogP contribution in [0.15, 0.2) is 12.2 Å². The van der Waals surface area contributed by atoms with Crippen molar-refractivity contribution >= 4 is 0 Å². The molecule has 2 aliphatic carbocycles. The van der Waals surface area contributed by atoms with Gasteiger partial charge in [-0.25, -0.2) is 0 Å². The van der Waals surface area contributed by atoms with Crippen molar-refractivity contribution in [3.05, 3.63) is 12.2 Å². The van der Waals surface area contributed by atoms with Gasteiger partial charge in [0.25, 0.3) is 0 Å². The van der Waals surface area contributed by atoms with E-state index in [1.54, 1.807) is 0 Å². The molecule has 1 saturated carbocycles. The zero-order chi connectivity index (χ0) is 12.4. The fourth-order valence-electron chi connectivity index (χ4n) is 3.49. The minimum absolute atomic E-state index is 0.145. The third-order valence-corrected chi connectivity index (χ3v) is 4.56. The van der Waals surface area contributed by atoms with Gasteiger partial charge in [-0.2, -0.15) is 0 Å². The number of aliphatic hydroxyl groups is 1. The minimum Gasteiger partial charge on any atom is -0.393 e. The molecule has 2 fully saturated rings. The Kier molecular flexibility index (Phi) is 3.73. The van der Waals surface area contributed by atoms with Crippen LogP contribution in [0.2, 0.25) is 0 Å². The molecule has 0 radical (unpaired) electrons. The summed E-state index contributed by atoms with van der Waals surface area (Å²) in [7, 11) is 0. The zero-order valence-electron chi connectivity index (χ0n) is 11.0. The summed E-state index contributed by atoms with van der Waals surface area (Å²) in [5.41, 5.74) is 0. The van der Waals surface area contributed by atoms with Gasteiger partial charge in [0, 0.05) is 18.8 Å². The Morgan fingerprint density at radius 2 is 2.00 bits per heavy atom. The molecule has 0 aromatic heterocycles. The first-order chi connectivity index (χ1) is 8.77. The minimum atomic E-state index is -0.284. The van der Waals surface area contributed by atoms with E-state index in [0.29, 0.717) is 12.5 Å². The quantitative estimate of drug-likeness (QED) is 0.729. The average molecular weight is 252 g/mol. The third-order valence-electron chi connectivity index (χ3n) is 4.56. The Morgan fingerprint density at radius 3 is 2.83 bits per heavy atom. The van der Waals surface area contributed by atoms with Crippen LogP contribution in [-0.4, -0.2) is 29.7 Å². The van der Waals surface area contributed by atoms with Gasteiger partial charge >= 0.3 is 0 Å². The highest BCUT2D eigenvalue weighted by Crippen LogP contribution is 2.40. The number of rotatable bonds is 1. The van der Waals surface area contributed by atoms with Crippen LogP contribution in [0.5, 0.6) is 0 Å². The van der Waals surface area contributed by atoms with Gasteiger partial charge in [0.2, 0.25) is 0 Å². The predicted molar refractivity (Wildman–Crippen MR) is 69.1 cm³/mol. The van der Waals surface area contributed by atoms with E-state index in [0.717, 1.165) is 32.1 Å². The maximum absolute atomic E-state index is 9.89. The molecule has 0 aromatic rings. The van der Waals surface area contributed by atoms with E-state index in [2.05, 4.69) is 12.2 Å². The van der Waals surface area contributed by atoms with Crippen molar-refractivity contribution in [2.24, 2.45) is 5.92 Å². The molecule has 3 atom stereocenters. The van der Waals surface area contributed by atoms with Crippen molar-refractivity contribution in [1.29, 1.82) is 0 Å². The second-order valence-electron chi connectivity index (χ2n) is 6.00. The molecule has 102 valence electrons. The zero-order valence-corrected chi connectivity index (χ0v) is 11.0. The topological polar surface area (TPSA) is 38.7 Å². The van der Waals surface area contributed by atoms with E-state index in [9.17, 15) is 5.11 Å². The van der Waals surface area contributed by atoms with Gasteiger partial charge in [-0.05, 0) is 32.1 Å². The summed E-state index contributed by atoms with van der Waals surface area (Å²) in [6.45, 7) is 0.696. The van der Waals surface area contributed by atoms with Crippen molar-refractivity contribution in [2.45, 2.75) is 69.4 Å². The van der Waals surface area contributed by atoms with Gasteiger partial charge < -0.3 is 14.6 Å². The maximum atomic E-state index is 9.89. The van der Waals surface area contributed by atoms with Crippen LogP contribution in [0.3, 0.4) is 0 Å². The number of aliphatic hydroxyl groups excluding tert-OH is 1. The number of hydrogen-bond acceptors (Lipinski definition) is 3. The van der Waals surface area contributed by atoms with Crippen LogP contribution in [0, 0.1) is 5.92 Å². The van der Waals surface area contributed by atoms with Gasteiger partial charge in [-0.15, -0.1) is 0 Å². The Balaban J connectivity index is 1.63. The highest BCUT2D eigenvalue weighted by Gasteiger charge is 2.44. The normalized spacial score (nSPS) is 39.9. The summed E-state index contributed by atoms with van der Waals surface area (Å²) in [6, 6.07) is 0. The maximum Gasteiger partial charge on any atom is 0.168 e. The second-order valence-corrected chi connectivity index (χ2v) is 6.00. The molecule has 3 heteroatoms. The molecule has 18 heavy (non-hydrogen) atoms. The van der Waals surface area contributed by atoms with E-state index < -0.39 is 0 Å². The highest BCUT2D eigenvalue weighted by molar-refractivity contribution is 4.99. The lowest BCUT2D eigenvalue weighted by molar-refractivity contribution is -0.190. The van der Waals surface area contributed by atoms with E-state index in [4.69, 9.17) is 9.47 Å². The Hall–Kier alpha value is -0.380. The third kappa shape index (κ3) is 2.63. The molecule has 1 saturated heterocycles. The average Bonchev–Trinajstić information content (AvgIpc) is 2.65. The second kappa shape index (κ2) is 5.32. The summed E-state index contributed by atoms with van der Waals surface area (Å²) >= 11 is 0. The van der Waals surface area contributed by atoms with Crippen molar-refractivity contribution in [3.63, 3.8) is 0 Å². The molecule has 0 amide bonds. The first kappa shape index (κ1) is 12.6. The lowest BCUT2D eigenvalue weighted by atomic mass is 9.93. The van der Waals surface area contributed by atoms with Crippen molar-refractivity contribution in [3.8, 4) is 0 Å². The van der Waals surface area contributed by atoms with Crippen LogP contribution in [0.1, 0.15) is 51.4 Å². The van der Waals surface area contributed by atoms with Gasteiger partial charge in [-0.1, -0.05) is 18.6 Å². The van der Waals surface area contributed by atoms with E-state index in [1.165, 1.54) is 19.3 Å². The molecule has 3 aliphatic rings. The molecular formula is C15H24O3. The van der Waals surface area contributed by atoms with Crippen LogP contribution < -0.4 is 0 Å². The van der Waals surface area contributed by atoms with Crippen molar-refractivity contribution in [2.75, 3.05) is 6.61 Å². The van der Waals surface area contributed by atoms with Gasteiger partial charge in [0.15, 0.2) is 5.79 Å². The van der Waals surface area contributed by atoms with Gasteiger partial charge in [-0.3, -0.25) is 0 Å². The molecule has 0 aromatic carbocycles. The standard InChI is InChI=1S/C15H24O3/c16-13-7-3-2-6-12(10-13)14-11-17-15(18-14)8-4-1-5-9-15/h2,6,12-14,16H,1,3-5,7-11H2/t12-,13-,14-/m1/s1. The molecule has 0 unspecified atom stereocenters. The lowest BCUT2D eigenvalue weighted by Crippen LogP contribution is -2.34. The first-order valence-electron chi connectivity index (χ1n) is 7.44. The van der Waals surface area contributed by atoms with Gasteiger partial charge in [0.1, 0.15) is 0 Å². The first-order valence-corrected chi connectivity index (χ1v) is 7.44. The predicted octanol–water partition coefficient (Wildman–Crippen LogP) is 2.78. The summed E-state index contributed by atoms with van der Waals surface area (Å²) in [6.07, 6.45) is 12.9. The largest absolute Gasteiger partial charge is 0.393 e. The fraction of sp³-hybridized carbons (Fsp3) is 0.867. The molecule has 1 N–H and O–H groups in total. The Morgan fingerprint density at radius 1 is 1.17 bits per heavy atom. The summed E-state index contributed by atoms with van der Waals surface area (Å²) in [5, 5.41) is 9.89. The van der Waals surface area contributed by atoms with Gasteiger partial charge in [0.05, 0.1) is 18.8 Å². The molecule has 1 heterocycles. The van der Waals surface area contributed by atoms with Crippen molar-refractivity contribution < 1.29 is 14.6 Å². The summed E-state index contributed by atoms with van der Waals surface area (Å²) in [4.78, 5) is 0. The summed E-state index contributed by atoms with van der Waals surface area (Å²) in [5.74, 6) is 0.0392. The molecule has 3 rings (SSSR count). The Labute approximate surface area is 109 Å². The smallest absolute Gasteiger partial charge is 0.168 e.